The summed E-state index contributed by atoms with van der Waals surface area (Å²) in [7, 11) is 0. The lowest BCUT2D eigenvalue weighted by atomic mass is 9.92. The van der Waals surface area contributed by atoms with Gasteiger partial charge in [0.05, 0.1) is 0 Å². The zero-order valence-electron chi connectivity index (χ0n) is 14.0. The highest BCUT2D eigenvalue weighted by Gasteiger charge is 2.24. The van der Waals surface area contributed by atoms with E-state index in [4.69, 9.17) is 0 Å². The van der Waals surface area contributed by atoms with Crippen molar-refractivity contribution in [1.29, 1.82) is 0 Å². The van der Waals surface area contributed by atoms with Crippen molar-refractivity contribution in [3.05, 3.63) is 35.4 Å². The third-order valence-electron chi connectivity index (χ3n) is 4.19. The smallest absolute Gasteiger partial charge is 0.251 e. The van der Waals surface area contributed by atoms with E-state index in [0.717, 1.165) is 31.4 Å². The zero-order chi connectivity index (χ0) is 16.7. The SMILES string of the molecule is CCCNC(=O)c1cccc(CNC(=O)[C@H]2CCN[C@@H](C)C2)c1. The first kappa shape index (κ1) is 17.5. The van der Waals surface area contributed by atoms with Gasteiger partial charge in [-0.1, -0.05) is 19.1 Å². The summed E-state index contributed by atoms with van der Waals surface area (Å²) in [6.07, 6.45) is 2.68. The lowest BCUT2D eigenvalue weighted by Gasteiger charge is -2.27. The van der Waals surface area contributed by atoms with E-state index in [0.29, 0.717) is 24.7 Å². The number of hydrogen-bond acceptors (Lipinski definition) is 3. The Labute approximate surface area is 138 Å². The molecule has 0 radical (unpaired) electrons. The first-order valence-electron chi connectivity index (χ1n) is 8.48. The summed E-state index contributed by atoms with van der Waals surface area (Å²) >= 11 is 0. The van der Waals surface area contributed by atoms with Crippen molar-refractivity contribution in [3.63, 3.8) is 0 Å². The Morgan fingerprint density at radius 3 is 2.87 bits per heavy atom. The van der Waals surface area contributed by atoms with Gasteiger partial charge in [-0.25, -0.2) is 0 Å². The summed E-state index contributed by atoms with van der Waals surface area (Å²) in [6, 6.07) is 7.82. The quantitative estimate of drug-likeness (QED) is 0.750. The maximum atomic E-state index is 12.3. The van der Waals surface area contributed by atoms with E-state index in [2.05, 4.69) is 22.9 Å². The molecular formula is C18H27N3O2. The van der Waals surface area contributed by atoms with Crippen molar-refractivity contribution >= 4 is 11.8 Å². The molecular weight excluding hydrogens is 290 g/mol. The Kier molecular flexibility index (Phi) is 6.59. The van der Waals surface area contributed by atoms with Crippen LogP contribution in [0.5, 0.6) is 0 Å². The molecule has 126 valence electrons. The summed E-state index contributed by atoms with van der Waals surface area (Å²) in [5.74, 6) is 0.133. The van der Waals surface area contributed by atoms with Gasteiger partial charge in [0, 0.05) is 30.6 Å². The number of benzene rings is 1. The van der Waals surface area contributed by atoms with Crippen LogP contribution >= 0.6 is 0 Å². The van der Waals surface area contributed by atoms with Crippen LogP contribution in [0.2, 0.25) is 0 Å². The number of piperidine rings is 1. The van der Waals surface area contributed by atoms with Gasteiger partial charge in [-0.15, -0.1) is 0 Å². The van der Waals surface area contributed by atoms with Crippen molar-refractivity contribution in [1.82, 2.24) is 16.0 Å². The molecule has 23 heavy (non-hydrogen) atoms. The molecule has 0 aromatic heterocycles. The van der Waals surface area contributed by atoms with Crippen LogP contribution < -0.4 is 16.0 Å². The Bertz CT molecular complexity index is 545. The summed E-state index contributed by atoms with van der Waals surface area (Å²) in [5, 5.41) is 9.22. The van der Waals surface area contributed by atoms with Crippen LogP contribution in [0.15, 0.2) is 24.3 Å². The fourth-order valence-electron chi connectivity index (χ4n) is 2.87. The normalized spacial score (nSPS) is 20.8. The standard InChI is InChI=1S/C18H27N3O2/c1-3-8-20-17(22)15-6-4-5-14(11-15)12-21-18(23)16-7-9-19-13(2)10-16/h4-6,11,13,16,19H,3,7-10,12H2,1-2H3,(H,20,22)(H,21,23)/t13-,16-/m0/s1. The number of carbonyl (C=O) groups excluding carboxylic acids is 2. The van der Waals surface area contributed by atoms with Crippen molar-refractivity contribution in [2.24, 2.45) is 5.92 Å². The van der Waals surface area contributed by atoms with Crippen LogP contribution in [0, 0.1) is 5.92 Å². The van der Waals surface area contributed by atoms with Gasteiger partial charge in [-0.3, -0.25) is 9.59 Å². The van der Waals surface area contributed by atoms with Gasteiger partial charge in [0.15, 0.2) is 0 Å². The maximum Gasteiger partial charge on any atom is 0.251 e. The number of amides is 2. The molecule has 1 aliphatic heterocycles. The van der Waals surface area contributed by atoms with Crippen LogP contribution in [0.1, 0.15) is 49.0 Å². The summed E-state index contributed by atoms with van der Waals surface area (Å²) < 4.78 is 0. The largest absolute Gasteiger partial charge is 0.352 e. The van der Waals surface area contributed by atoms with Gasteiger partial charge in [0.1, 0.15) is 0 Å². The first-order chi connectivity index (χ1) is 11.1. The van der Waals surface area contributed by atoms with Gasteiger partial charge < -0.3 is 16.0 Å². The third-order valence-corrected chi connectivity index (χ3v) is 4.19. The van der Waals surface area contributed by atoms with E-state index in [9.17, 15) is 9.59 Å². The fourth-order valence-corrected chi connectivity index (χ4v) is 2.87. The molecule has 3 N–H and O–H groups in total. The second kappa shape index (κ2) is 8.67. The molecule has 0 bridgehead atoms. The van der Waals surface area contributed by atoms with Gasteiger partial charge >= 0.3 is 0 Å². The minimum Gasteiger partial charge on any atom is -0.352 e. The molecule has 2 atom stereocenters. The molecule has 1 aromatic rings. The van der Waals surface area contributed by atoms with Crippen LogP contribution in [0.4, 0.5) is 0 Å². The van der Waals surface area contributed by atoms with Gasteiger partial charge in [0.25, 0.3) is 5.91 Å². The number of rotatable bonds is 6. The Balaban J connectivity index is 1.87. The highest BCUT2D eigenvalue weighted by atomic mass is 16.2. The monoisotopic (exact) mass is 317 g/mol. The first-order valence-corrected chi connectivity index (χ1v) is 8.48. The van der Waals surface area contributed by atoms with Crippen LogP contribution in [-0.4, -0.2) is 30.9 Å². The van der Waals surface area contributed by atoms with Crippen LogP contribution in [0.25, 0.3) is 0 Å². The second-order valence-electron chi connectivity index (χ2n) is 6.25. The van der Waals surface area contributed by atoms with Crippen LogP contribution in [-0.2, 0) is 11.3 Å². The number of hydrogen-bond donors (Lipinski definition) is 3. The van der Waals surface area contributed by atoms with Crippen molar-refractivity contribution < 1.29 is 9.59 Å². The molecule has 1 aliphatic rings. The van der Waals surface area contributed by atoms with Gasteiger partial charge in [0.2, 0.25) is 5.91 Å². The van der Waals surface area contributed by atoms with Crippen molar-refractivity contribution in [2.75, 3.05) is 13.1 Å². The van der Waals surface area contributed by atoms with E-state index in [1.807, 2.05) is 25.1 Å². The minimum atomic E-state index is -0.0628. The van der Waals surface area contributed by atoms with E-state index in [-0.39, 0.29) is 17.7 Å². The van der Waals surface area contributed by atoms with Crippen molar-refractivity contribution in [2.45, 2.75) is 45.7 Å². The molecule has 0 unspecified atom stereocenters. The van der Waals surface area contributed by atoms with E-state index < -0.39 is 0 Å². The molecule has 5 nitrogen and oxygen atoms in total. The Morgan fingerprint density at radius 1 is 1.30 bits per heavy atom. The fraction of sp³-hybridized carbons (Fsp3) is 0.556. The Morgan fingerprint density at radius 2 is 2.13 bits per heavy atom. The van der Waals surface area contributed by atoms with E-state index in [1.165, 1.54) is 0 Å². The van der Waals surface area contributed by atoms with E-state index in [1.54, 1.807) is 6.07 Å². The molecule has 1 aromatic carbocycles. The molecule has 0 spiro atoms. The molecule has 2 rings (SSSR count). The highest BCUT2D eigenvalue weighted by Crippen LogP contribution is 2.16. The minimum absolute atomic E-state index is 0.0628. The van der Waals surface area contributed by atoms with E-state index >= 15 is 0 Å². The second-order valence-corrected chi connectivity index (χ2v) is 6.25. The predicted molar refractivity (Wildman–Crippen MR) is 91.1 cm³/mol. The lowest BCUT2D eigenvalue weighted by molar-refractivity contribution is -0.126. The third kappa shape index (κ3) is 5.36. The van der Waals surface area contributed by atoms with Crippen LogP contribution in [0.3, 0.4) is 0 Å². The van der Waals surface area contributed by atoms with Gasteiger partial charge in [-0.2, -0.15) is 0 Å². The zero-order valence-corrected chi connectivity index (χ0v) is 14.0. The molecule has 2 amide bonds. The summed E-state index contributed by atoms with van der Waals surface area (Å²) in [5.41, 5.74) is 1.59. The maximum absolute atomic E-state index is 12.3. The topological polar surface area (TPSA) is 70.2 Å². The summed E-state index contributed by atoms with van der Waals surface area (Å²) in [6.45, 7) is 6.16. The number of nitrogens with one attached hydrogen (secondary N) is 3. The molecule has 1 saturated heterocycles. The highest BCUT2D eigenvalue weighted by molar-refractivity contribution is 5.94. The molecule has 0 saturated carbocycles. The lowest BCUT2D eigenvalue weighted by Crippen LogP contribution is -2.42. The summed E-state index contributed by atoms with van der Waals surface area (Å²) in [4.78, 5) is 24.2. The van der Waals surface area contributed by atoms with Gasteiger partial charge in [-0.05, 0) is 50.4 Å². The molecule has 0 aliphatic carbocycles. The predicted octanol–water partition coefficient (Wildman–Crippen LogP) is 1.83. The average Bonchev–Trinajstić information content (AvgIpc) is 2.57. The average molecular weight is 317 g/mol. The molecule has 1 heterocycles. The molecule has 5 heteroatoms. The number of carbonyl (C=O) groups is 2. The Hall–Kier alpha value is -1.88. The van der Waals surface area contributed by atoms with Crippen molar-refractivity contribution in [3.8, 4) is 0 Å². The molecule has 1 fully saturated rings.